The van der Waals surface area contributed by atoms with Gasteiger partial charge in [-0.25, -0.2) is 0 Å². The molecule has 0 aliphatic heterocycles. The van der Waals surface area contributed by atoms with Gasteiger partial charge in [-0.2, -0.15) is 8.42 Å². The van der Waals surface area contributed by atoms with Crippen molar-refractivity contribution in [3.8, 4) is 0 Å². The second kappa shape index (κ2) is 4.80. The quantitative estimate of drug-likeness (QED) is 0.610. The minimum atomic E-state index is -4.13. The van der Waals surface area contributed by atoms with Crippen LogP contribution in [0.15, 0.2) is 47.4 Å². The second-order valence-electron chi connectivity index (χ2n) is 2.95. The fraction of sp³-hybridized carbons (Fsp3) is 0. The van der Waals surface area contributed by atoms with Gasteiger partial charge >= 0.3 is 37.7 Å². The average Bonchev–Trinajstić information content (AvgIpc) is 2.15. The van der Waals surface area contributed by atoms with Crippen LogP contribution in [0, 0.1) is 0 Å². The molecule has 5 heteroatoms. The van der Waals surface area contributed by atoms with E-state index in [0.29, 0.717) is 5.39 Å². The van der Waals surface area contributed by atoms with Crippen molar-refractivity contribution in [2.24, 2.45) is 0 Å². The fourth-order valence-electron chi connectivity index (χ4n) is 1.42. The van der Waals surface area contributed by atoms with E-state index in [1.165, 1.54) is 6.07 Å². The summed E-state index contributed by atoms with van der Waals surface area (Å²) in [5, 5.41) is 1.33. The zero-order valence-electron chi connectivity index (χ0n) is 7.21. The molecule has 0 bridgehead atoms. The van der Waals surface area contributed by atoms with E-state index in [0.717, 1.165) is 5.39 Å². The number of fused-ring (bicyclic) bond motifs is 1. The van der Waals surface area contributed by atoms with Crippen molar-refractivity contribution in [2.45, 2.75) is 4.90 Å². The molecule has 2 aromatic carbocycles. The topological polar surface area (TPSA) is 54.4 Å². The van der Waals surface area contributed by atoms with Gasteiger partial charge in [0.25, 0.3) is 10.1 Å². The molecule has 0 heterocycles. The number of hydrogen-bond acceptors (Lipinski definition) is 2. The van der Waals surface area contributed by atoms with Gasteiger partial charge in [-0.05, 0) is 11.5 Å². The summed E-state index contributed by atoms with van der Waals surface area (Å²) in [4.78, 5) is -0.0457. The molecule has 0 aliphatic carbocycles. The number of rotatable bonds is 1. The molecule has 3 nitrogen and oxygen atoms in total. The molecule has 2 rings (SSSR count). The van der Waals surface area contributed by atoms with Crippen molar-refractivity contribution < 1.29 is 13.0 Å². The van der Waals surface area contributed by atoms with Gasteiger partial charge in [-0.1, -0.05) is 36.4 Å². The van der Waals surface area contributed by atoms with Gasteiger partial charge in [0.05, 0.1) is 0 Å². The van der Waals surface area contributed by atoms with Gasteiger partial charge in [0, 0.05) is 5.39 Å². The first-order valence-electron chi connectivity index (χ1n) is 4.04. The van der Waals surface area contributed by atoms with Crippen LogP contribution in [-0.2, 0) is 10.1 Å². The first kappa shape index (κ1) is 12.9. The van der Waals surface area contributed by atoms with Gasteiger partial charge < -0.3 is 0 Å². The summed E-state index contributed by atoms with van der Waals surface area (Å²) in [6, 6.07) is 11.8. The Bertz CT molecular complexity index is 573. The molecule has 0 atom stereocenters. The van der Waals surface area contributed by atoms with E-state index in [2.05, 4.69) is 0 Å². The average molecular weight is 250 g/mol. The van der Waals surface area contributed by atoms with E-state index < -0.39 is 10.1 Å². The van der Waals surface area contributed by atoms with E-state index in [1.54, 1.807) is 30.3 Å². The van der Waals surface area contributed by atoms with E-state index in [4.69, 9.17) is 4.55 Å². The summed E-state index contributed by atoms with van der Waals surface area (Å²) in [5.74, 6) is 0. The van der Waals surface area contributed by atoms with Crippen molar-refractivity contribution in [3.05, 3.63) is 42.5 Å². The van der Waals surface area contributed by atoms with E-state index in [9.17, 15) is 8.42 Å². The molecule has 0 saturated heterocycles. The van der Waals surface area contributed by atoms with Crippen LogP contribution in [0.3, 0.4) is 0 Å². The molecular formula is C10H10CaO3S. The maximum atomic E-state index is 11.0. The van der Waals surface area contributed by atoms with Gasteiger partial charge in [0.2, 0.25) is 0 Å². The van der Waals surface area contributed by atoms with Crippen LogP contribution in [0.4, 0.5) is 0 Å². The molecule has 0 fully saturated rings. The molecule has 0 spiro atoms. The standard InChI is InChI=1S/C10H8O3S.Ca.2H/c11-14(12,13)10-7-3-5-8-4-1-2-6-9(8)10;;;/h1-7H,(H,11,12,13);;;. The molecule has 0 saturated carbocycles. The Kier molecular flexibility index (Phi) is 4.14. The molecule has 0 unspecified atom stereocenters. The Hall–Kier alpha value is -0.130. The van der Waals surface area contributed by atoms with E-state index in [1.807, 2.05) is 6.07 Å². The zero-order valence-corrected chi connectivity index (χ0v) is 8.03. The van der Waals surface area contributed by atoms with Crippen LogP contribution < -0.4 is 0 Å². The van der Waals surface area contributed by atoms with Crippen LogP contribution in [0.2, 0.25) is 0 Å². The van der Waals surface area contributed by atoms with Crippen LogP contribution in [-0.4, -0.2) is 50.7 Å². The molecule has 0 radical (unpaired) electrons. The summed E-state index contributed by atoms with van der Waals surface area (Å²) in [5.41, 5.74) is 0. The first-order valence-corrected chi connectivity index (χ1v) is 5.48. The van der Waals surface area contributed by atoms with Crippen LogP contribution >= 0.6 is 0 Å². The molecule has 2 aromatic rings. The third-order valence-electron chi connectivity index (χ3n) is 2.03. The first-order chi connectivity index (χ1) is 6.59. The summed E-state index contributed by atoms with van der Waals surface area (Å²) in [6.07, 6.45) is 0. The molecule has 1 N–H and O–H groups in total. The van der Waals surface area contributed by atoms with Crippen molar-refractivity contribution >= 4 is 58.6 Å². The molecule has 15 heavy (non-hydrogen) atoms. The molecule has 0 aromatic heterocycles. The number of hydrogen-bond donors (Lipinski definition) is 1. The van der Waals surface area contributed by atoms with Gasteiger partial charge in [0.1, 0.15) is 4.90 Å². The fourth-order valence-corrected chi connectivity index (χ4v) is 2.13. The monoisotopic (exact) mass is 250 g/mol. The Morgan fingerprint density at radius 1 is 0.933 bits per heavy atom. The summed E-state index contributed by atoms with van der Waals surface area (Å²) >= 11 is 0. The summed E-state index contributed by atoms with van der Waals surface area (Å²) in [6.45, 7) is 0. The van der Waals surface area contributed by atoms with Crippen molar-refractivity contribution in [1.82, 2.24) is 0 Å². The van der Waals surface area contributed by atoms with Gasteiger partial charge in [-0.15, -0.1) is 0 Å². The predicted molar refractivity (Wildman–Crippen MR) is 62.3 cm³/mol. The summed E-state index contributed by atoms with van der Waals surface area (Å²) < 4.78 is 31.0. The van der Waals surface area contributed by atoms with Crippen molar-refractivity contribution in [1.29, 1.82) is 0 Å². The molecular weight excluding hydrogens is 240 g/mol. The maximum absolute atomic E-state index is 11.0. The molecule has 76 valence electrons. The normalized spacial score (nSPS) is 11.0. The van der Waals surface area contributed by atoms with Gasteiger partial charge in [-0.3, -0.25) is 4.55 Å². The third-order valence-corrected chi connectivity index (χ3v) is 2.94. The Morgan fingerprint density at radius 3 is 2.20 bits per heavy atom. The van der Waals surface area contributed by atoms with E-state index in [-0.39, 0.29) is 42.6 Å². The molecule has 0 amide bonds. The Balaban J connectivity index is 0.00000112. The SMILES string of the molecule is O=S(=O)(O)c1cccc2ccccc12.[CaH2]. The Labute approximate surface area is 118 Å². The second-order valence-corrected chi connectivity index (χ2v) is 4.34. The van der Waals surface area contributed by atoms with Crippen molar-refractivity contribution in [2.75, 3.05) is 0 Å². The predicted octanol–water partition coefficient (Wildman–Crippen LogP) is 1.17. The van der Waals surface area contributed by atoms with Crippen LogP contribution in [0.1, 0.15) is 0 Å². The third kappa shape index (κ3) is 2.71. The Morgan fingerprint density at radius 2 is 1.53 bits per heavy atom. The van der Waals surface area contributed by atoms with Crippen LogP contribution in [0.5, 0.6) is 0 Å². The van der Waals surface area contributed by atoms with Crippen molar-refractivity contribution in [3.63, 3.8) is 0 Å². The minimum absolute atomic E-state index is 0. The molecule has 0 aliphatic rings. The summed E-state index contributed by atoms with van der Waals surface area (Å²) in [7, 11) is -4.13. The van der Waals surface area contributed by atoms with E-state index >= 15 is 0 Å². The van der Waals surface area contributed by atoms with Crippen LogP contribution in [0.25, 0.3) is 10.8 Å². The number of benzene rings is 2. The zero-order chi connectivity index (χ0) is 10.2. The van der Waals surface area contributed by atoms with Gasteiger partial charge in [0.15, 0.2) is 0 Å².